The second-order valence-corrected chi connectivity index (χ2v) is 6.54. The van der Waals surface area contributed by atoms with Crippen molar-refractivity contribution in [1.29, 1.82) is 0 Å². The summed E-state index contributed by atoms with van der Waals surface area (Å²) in [5.74, 6) is 0.995. The molecule has 22 heavy (non-hydrogen) atoms. The molecule has 2 aromatic rings. The molecule has 0 atom stereocenters. The van der Waals surface area contributed by atoms with Gasteiger partial charge in [-0.15, -0.1) is 11.8 Å². The highest BCUT2D eigenvalue weighted by Crippen LogP contribution is 2.34. The summed E-state index contributed by atoms with van der Waals surface area (Å²) >= 11 is 1.65. The smallest absolute Gasteiger partial charge is 0.133 e. The molecule has 0 bridgehead atoms. The molecule has 0 spiro atoms. The first-order valence-corrected chi connectivity index (χ1v) is 8.45. The summed E-state index contributed by atoms with van der Waals surface area (Å²) in [6.07, 6.45) is 3.79. The summed E-state index contributed by atoms with van der Waals surface area (Å²) in [7, 11) is 0. The number of hydrogen-bond acceptors (Lipinski definition) is 4. The quantitative estimate of drug-likeness (QED) is 0.860. The molecular formula is C18H20N2OS. The normalized spacial score (nSPS) is 13.8. The van der Waals surface area contributed by atoms with Gasteiger partial charge in [0.2, 0.25) is 0 Å². The number of aryl methyl sites for hydroxylation is 2. The van der Waals surface area contributed by atoms with E-state index in [1.807, 2.05) is 6.07 Å². The number of pyridine rings is 1. The second kappa shape index (κ2) is 6.44. The Labute approximate surface area is 135 Å². The lowest BCUT2D eigenvalue weighted by molar-refractivity contribution is 0.471. The van der Waals surface area contributed by atoms with E-state index >= 15 is 0 Å². The van der Waals surface area contributed by atoms with Gasteiger partial charge in [0.05, 0.1) is 11.2 Å². The van der Waals surface area contributed by atoms with Crippen LogP contribution in [0.15, 0.2) is 53.8 Å². The number of aromatic hydroxyl groups is 1. The number of anilines is 1. The Morgan fingerprint density at radius 3 is 3.00 bits per heavy atom. The van der Waals surface area contributed by atoms with Crippen LogP contribution in [0.25, 0.3) is 0 Å². The third-order valence-electron chi connectivity index (χ3n) is 3.91. The molecule has 0 aliphatic carbocycles. The molecule has 0 saturated carbocycles. The van der Waals surface area contributed by atoms with E-state index in [0.717, 1.165) is 35.9 Å². The topological polar surface area (TPSA) is 36.4 Å². The zero-order chi connectivity index (χ0) is 15.5. The third kappa shape index (κ3) is 3.12. The van der Waals surface area contributed by atoms with Crippen LogP contribution >= 0.6 is 11.8 Å². The van der Waals surface area contributed by atoms with Crippen molar-refractivity contribution >= 4 is 17.4 Å². The van der Waals surface area contributed by atoms with Crippen molar-refractivity contribution in [3.05, 3.63) is 59.9 Å². The molecule has 1 aliphatic heterocycles. The number of fused-ring (bicyclic) bond motifs is 1. The second-order valence-electron chi connectivity index (χ2n) is 5.55. The number of nitrogens with zero attached hydrogens (tertiary/aromatic N) is 2. The average Bonchev–Trinajstić information content (AvgIpc) is 2.54. The molecule has 0 saturated heterocycles. The van der Waals surface area contributed by atoms with Gasteiger partial charge in [-0.1, -0.05) is 24.8 Å². The highest BCUT2D eigenvalue weighted by Gasteiger charge is 2.20. The molecule has 0 amide bonds. The van der Waals surface area contributed by atoms with Crippen LogP contribution in [0.2, 0.25) is 0 Å². The van der Waals surface area contributed by atoms with Crippen molar-refractivity contribution in [2.24, 2.45) is 0 Å². The Morgan fingerprint density at radius 1 is 1.36 bits per heavy atom. The summed E-state index contributed by atoms with van der Waals surface area (Å²) in [6.45, 7) is 7.47. The van der Waals surface area contributed by atoms with Gasteiger partial charge in [-0.05, 0) is 43.0 Å². The molecule has 1 aromatic heterocycles. The van der Waals surface area contributed by atoms with Gasteiger partial charge in [0.25, 0.3) is 0 Å². The highest BCUT2D eigenvalue weighted by molar-refractivity contribution is 7.99. The minimum absolute atomic E-state index is 0.198. The van der Waals surface area contributed by atoms with Gasteiger partial charge in [-0.25, -0.2) is 4.98 Å². The highest BCUT2D eigenvalue weighted by atomic mass is 32.2. The third-order valence-corrected chi connectivity index (χ3v) is 4.92. The summed E-state index contributed by atoms with van der Waals surface area (Å²) < 4.78 is 0. The Hall–Kier alpha value is -1.94. The standard InChI is InChI=1S/C18H20N2OS/c1-13-5-3-6-15-7-4-10-20(18(13)15)14(2)12-22-17-9-8-16(21)11-19-17/h3,5-6,8-9,11,21H,2,4,7,10,12H2,1H3. The van der Waals surface area contributed by atoms with Crippen molar-refractivity contribution in [3.8, 4) is 5.75 Å². The molecule has 2 heterocycles. The Balaban J connectivity index is 1.72. The Bertz CT molecular complexity index is 682. The van der Waals surface area contributed by atoms with E-state index < -0.39 is 0 Å². The van der Waals surface area contributed by atoms with Crippen molar-refractivity contribution in [3.63, 3.8) is 0 Å². The minimum Gasteiger partial charge on any atom is -0.506 e. The number of rotatable bonds is 4. The molecule has 3 rings (SSSR count). The largest absolute Gasteiger partial charge is 0.506 e. The number of benzene rings is 1. The van der Waals surface area contributed by atoms with Crippen LogP contribution in [0.5, 0.6) is 5.75 Å². The van der Waals surface area contributed by atoms with Crippen LogP contribution in [0.3, 0.4) is 0 Å². The lowest BCUT2D eigenvalue weighted by atomic mass is 9.98. The fourth-order valence-electron chi connectivity index (χ4n) is 2.86. The summed E-state index contributed by atoms with van der Waals surface area (Å²) in [4.78, 5) is 6.56. The Morgan fingerprint density at radius 2 is 2.23 bits per heavy atom. The van der Waals surface area contributed by atoms with E-state index in [2.05, 4.69) is 41.6 Å². The molecule has 114 valence electrons. The maximum absolute atomic E-state index is 9.28. The van der Waals surface area contributed by atoms with Gasteiger partial charge in [0.1, 0.15) is 5.75 Å². The molecule has 0 radical (unpaired) electrons. The van der Waals surface area contributed by atoms with E-state index in [-0.39, 0.29) is 5.75 Å². The lowest BCUT2D eigenvalue weighted by Crippen LogP contribution is -2.30. The van der Waals surface area contributed by atoms with Crippen LogP contribution in [0.4, 0.5) is 5.69 Å². The summed E-state index contributed by atoms with van der Waals surface area (Å²) in [6, 6.07) is 10.0. The van der Waals surface area contributed by atoms with E-state index in [9.17, 15) is 5.11 Å². The van der Waals surface area contributed by atoms with Gasteiger partial charge >= 0.3 is 0 Å². The Kier molecular flexibility index (Phi) is 4.39. The predicted molar refractivity (Wildman–Crippen MR) is 92.6 cm³/mol. The molecule has 1 aromatic carbocycles. The first-order valence-electron chi connectivity index (χ1n) is 7.47. The van der Waals surface area contributed by atoms with Crippen molar-refractivity contribution < 1.29 is 5.11 Å². The van der Waals surface area contributed by atoms with Gasteiger partial charge in [-0.2, -0.15) is 0 Å². The van der Waals surface area contributed by atoms with E-state index in [4.69, 9.17) is 0 Å². The van der Waals surface area contributed by atoms with E-state index in [1.54, 1.807) is 17.8 Å². The molecular weight excluding hydrogens is 292 g/mol. The molecule has 1 aliphatic rings. The van der Waals surface area contributed by atoms with Gasteiger partial charge in [0, 0.05) is 23.7 Å². The van der Waals surface area contributed by atoms with Crippen LogP contribution < -0.4 is 4.90 Å². The van der Waals surface area contributed by atoms with Gasteiger partial charge in [-0.3, -0.25) is 0 Å². The van der Waals surface area contributed by atoms with Crippen LogP contribution in [-0.4, -0.2) is 22.4 Å². The van der Waals surface area contributed by atoms with Crippen LogP contribution in [0.1, 0.15) is 17.5 Å². The fraction of sp³-hybridized carbons (Fsp3) is 0.278. The van der Waals surface area contributed by atoms with Crippen molar-refractivity contribution in [2.45, 2.75) is 24.8 Å². The number of thioether (sulfide) groups is 1. The monoisotopic (exact) mass is 312 g/mol. The number of hydrogen-bond donors (Lipinski definition) is 1. The summed E-state index contributed by atoms with van der Waals surface area (Å²) in [5, 5.41) is 10.2. The maximum atomic E-state index is 9.28. The zero-order valence-electron chi connectivity index (χ0n) is 12.7. The maximum Gasteiger partial charge on any atom is 0.133 e. The number of aromatic nitrogens is 1. The SMILES string of the molecule is C=C(CSc1ccc(O)cn1)N1CCCc2cccc(C)c21. The van der Waals surface area contributed by atoms with Gasteiger partial charge < -0.3 is 10.0 Å². The molecule has 4 heteroatoms. The lowest BCUT2D eigenvalue weighted by Gasteiger charge is -2.34. The van der Waals surface area contributed by atoms with Crippen molar-refractivity contribution in [1.82, 2.24) is 4.98 Å². The van der Waals surface area contributed by atoms with Crippen LogP contribution in [-0.2, 0) is 6.42 Å². The fourth-order valence-corrected chi connectivity index (χ4v) is 3.62. The van der Waals surface area contributed by atoms with E-state index in [0.29, 0.717) is 0 Å². The van der Waals surface area contributed by atoms with Crippen molar-refractivity contribution in [2.75, 3.05) is 17.2 Å². The predicted octanol–water partition coefficient (Wildman–Crippen LogP) is 4.15. The summed E-state index contributed by atoms with van der Waals surface area (Å²) in [5.41, 5.74) is 5.17. The first-order chi connectivity index (χ1) is 10.6. The number of para-hydroxylation sites is 1. The molecule has 3 nitrogen and oxygen atoms in total. The average molecular weight is 312 g/mol. The van der Waals surface area contributed by atoms with Crippen LogP contribution in [0, 0.1) is 6.92 Å². The van der Waals surface area contributed by atoms with E-state index in [1.165, 1.54) is 23.0 Å². The minimum atomic E-state index is 0.198. The molecule has 0 unspecified atom stereocenters. The molecule has 1 N–H and O–H groups in total. The first kappa shape index (κ1) is 15.0. The van der Waals surface area contributed by atoms with Gasteiger partial charge in [0.15, 0.2) is 0 Å². The molecule has 0 fully saturated rings. The zero-order valence-corrected chi connectivity index (χ0v) is 13.6.